The highest BCUT2D eigenvalue weighted by Crippen LogP contribution is 2.47. The fraction of sp³-hybridized carbons (Fsp3) is 0.457. The van der Waals surface area contributed by atoms with Gasteiger partial charge in [0.25, 0.3) is 12.3 Å². The van der Waals surface area contributed by atoms with E-state index in [1.807, 2.05) is 18.2 Å². The number of anilines is 1. The molecule has 4 aromatic heterocycles. The van der Waals surface area contributed by atoms with Gasteiger partial charge < -0.3 is 10.2 Å². The summed E-state index contributed by atoms with van der Waals surface area (Å²) >= 11 is 0. The molecule has 1 saturated carbocycles. The summed E-state index contributed by atoms with van der Waals surface area (Å²) in [6.45, 7) is 2.86. The Bertz CT molecular complexity index is 2220. The average Bonchev–Trinajstić information content (AvgIpc) is 3.79. The van der Waals surface area contributed by atoms with Gasteiger partial charge in [-0.05, 0) is 74.6 Å². The monoisotopic (exact) mass is 700 g/mol. The summed E-state index contributed by atoms with van der Waals surface area (Å²) in [7, 11) is 1.72. The van der Waals surface area contributed by atoms with E-state index in [9.17, 15) is 28.0 Å². The van der Waals surface area contributed by atoms with Crippen molar-refractivity contribution < 1.29 is 23.2 Å². The van der Waals surface area contributed by atoms with Crippen LogP contribution in [0.3, 0.4) is 0 Å². The van der Waals surface area contributed by atoms with Crippen molar-refractivity contribution in [2.24, 2.45) is 12.5 Å². The Morgan fingerprint density at radius 1 is 1.12 bits per heavy atom. The maximum absolute atomic E-state index is 14.0. The molecule has 1 unspecified atom stereocenters. The number of nitrogens with zero attached hydrogens (tertiary/aromatic N) is 8. The topological polar surface area (TPSA) is 153 Å². The fourth-order valence-electron chi connectivity index (χ4n) is 8.33. The third kappa shape index (κ3) is 5.90. The van der Waals surface area contributed by atoms with E-state index >= 15 is 0 Å². The molecule has 2 aliphatic heterocycles. The van der Waals surface area contributed by atoms with Crippen LogP contribution in [0, 0.1) is 5.41 Å². The number of fused-ring (bicyclic) bond motifs is 2. The molecule has 1 spiro atoms. The van der Waals surface area contributed by atoms with Crippen LogP contribution < -0.4 is 16.3 Å². The lowest BCUT2D eigenvalue weighted by Gasteiger charge is -2.53. The summed E-state index contributed by atoms with van der Waals surface area (Å²) in [5, 5.41) is 13.3. The van der Waals surface area contributed by atoms with Gasteiger partial charge in [-0.2, -0.15) is 10.2 Å². The van der Waals surface area contributed by atoms with Gasteiger partial charge in [-0.1, -0.05) is 12.1 Å². The third-order valence-electron chi connectivity index (χ3n) is 10.9. The quantitative estimate of drug-likeness (QED) is 0.220. The summed E-state index contributed by atoms with van der Waals surface area (Å²) in [5.41, 5.74) is 2.54. The normalized spacial score (nSPS) is 19.6. The summed E-state index contributed by atoms with van der Waals surface area (Å²) in [6.07, 6.45) is 8.93. The van der Waals surface area contributed by atoms with Crippen molar-refractivity contribution in [2.75, 3.05) is 25.0 Å². The van der Waals surface area contributed by atoms with Crippen molar-refractivity contribution in [2.45, 2.75) is 69.9 Å². The first-order valence-corrected chi connectivity index (χ1v) is 17.3. The number of carbonyl (C=O) groups is 3. The molecular formula is C35H38F2N10O4. The minimum absolute atomic E-state index is 0.0105. The maximum Gasteiger partial charge on any atom is 0.329 e. The van der Waals surface area contributed by atoms with Gasteiger partial charge in [0.15, 0.2) is 11.3 Å². The molecule has 0 radical (unpaired) electrons. The van der Waals surface area contributed by atoms with Crippen LogP contribution in [-0.4, -0.2) is 75.8 Å². The first-order chi connectivity index (χ1) is 24.6. The Morgan fingerprint density at radius 2 is 1.92 bits per heavy atom. The Kier molecular flexibility index (Phi) is 8.27. The molecule has 3 aliphatic rings. The first kappa shape index (κ1) is 32.9. The van der Waals surface area contributed by atoms with Gasteiger partial charge in [0.2, 0.25) is 11.8 Å². The van der Waals surface area contributed by atoms with Gasteiger partial charge in [0.1, 0.15) is 11.6 Å². The molecule has 2 N–H and O–H groups in total. The molecule has 6 heterocycles. The second kappa shape index (κ2) is 12.8. The van der Waals surface area contributed by atoms with E-state index < -0.39 is 30.0 Å². The number of nitrogens with one attached hydrogen (secondary N) is 2. The highest BCUT2D eigenvalue weighted by Gasteiger charge is 2.45. The number of benzene rings is 1. The summed E-state index contributed by atoms with van der Waals surface area (Å²) in [5.74, 6) is -1.34. The van der Waals surface area contributed by atoms with Crippen molar-refractivity contribution in [1.29, 1.82) is 0 Å². The predicted octanol–water partition coefficient (Wildman–Crippen LogP) is 3.80. The van der Waals surface area contributed by atoms with E-state index in [0.29, 0.717) is 17.6 Å². The largest absolute Gasteiger partial charge is 0.329 e. The van der Waals surface area contributed by atoms with Gasteiger partial charge in [0.05, 0.1) is 29.0 Å². The van der Waals surface area contributed by atoms with Gasteiger partial charge in [-0.15, -0.1) is 0 Å². The lowest BCUT2D eigenvalue weighted by molar-refractivity contribution is -0.135. The molecule has 2 saturated heterocycles. The van der Waals surface area contributed by atoms with E-state index in [4.69, 9.17) is 0 Å². The molecular weight excluding hydrogens is 662 g/mol. The number of para-hydroxylation sites is 1. The molecule has 8 rings (SSSR count). The number of aromatic nitrogens is 7. The van der Waals surface area contributed by atoms with Crippen LogP contribution in [0.2, 0.25) is 0 Å². The number of likely N-dealkylation sites (tertiary alicyclic amines) is 1. The van der Waals surface area contributed by atoms with Crippen LogP contribution in [-0.2, 0) is 23.1 Å². The van der Waals surface area contributed by atoms with Crippen LogP contribution in [0.25, 0.3) is 16.7 Å². The summed E-state index contributed by atoms with van der Waals surface area (Å²) in [4.78, 5) is 57.2. The Hall–Kier alpha value is -5.25. The van der Waals surface area contributed by atoms with Crippen LogP contribution in [0.5, 0.6) is 0 Å². The fourth-order valence-corrected chi connectivity index (χ4v) is 8.33. The van der Waals surface area contributed by atoms with Gasteiger partial charge in [-0.25, -0.2) is 23.1 Å². The number of halogens is 2. The van der Waals surface area contributed by atoms with E-state index in [2.05, 4.69) is 30.7 Å². The van der Waals surface area contributed by atoms with E-state index in [0.717, 1.165) is 69.2 Å². The zero-order valence-corrected chi connectivity index (χ0v) is 28.1. The highest BCUT2D eigenvalue weighted by atomic mass is 19.3. The molecule has 0 bridgehead atoms. The Balaban J connectivity index is 0.862. The number of rotatable bonds is 9. The Labute approximate surface area is 290 Å². The SMILES string of the molecule is Cn1c(=O)n(C2CCC(=O)NC2=O)c2cccc(CCCN3CC4(CCC(n5cc(NC(=O)c6cnn7cccnc67)c(C(F)F)n5)CC4)C3)c21. The van der Waals surface area contributed by atoms with E-state index in [-0.39, 0.29) is 40.7 Å². The molecule has 51 heavy (non-hydrogen) atoms. The zero-order valence-electron chi connectivity index (χ0n) is 28.1. The molecule has 16 heteroatoms. The molecule has 1 aliphatic carbocycles. The molecule has 1 atom stereocenters. The average molecular weight is 701 g/mol. The number of alkyl halides is 2. The summed E-state index contributed by atoms with van der Waals surface area (Å²) in [6, 6.07) is 6.73. The number of imide groups is 1. The third-order valence-corrected chi connectivity index (χ3v) is 10.9. The van der Waals surface area contributed by atoms with E-state index in [1.54, 1.807) is 28.6 Å². The number of hydrogen-bond acceptors (Lipinski definition) is 8. The number of amides is 3. The van der Waals surface area contributed by atoms with Crippen molar-refractivity contribution in [3.63, 3.8) is 0 Å². The predicted molar refractivity (Wildman–Crippen MR) is 181 cm³/mol. The number of hydrogen-bond donors (Lipinski definition) is 2. The Morgan fingerprint density at radius 3 is 2.69 bits per heavy atom. The standard InChI is InChI=1S/C35H38F2N10O4/c1-43-29-21(5-2-7-25(29)47(34(43)51)26-8-9-27(48)41-33(26)50)6-3-15-44-19-35(20-44)12-10-22(11-13-35)46-18-24(28(42-46)30(36)37)40-32(49)23-17-39-45-16-4-14-38-31(23)45/h2,4-5,7,14,16-18,22,26,30H,3,6,8-13,15,19-20H2,1H3,(H,40,49)(H,41,48,50). The molecule has 5 aromatic rings. The van der Waals surface area contributed by atoms with Crippen molar-refractivity contribution in [3.05, 3.63) is 76.4 Å². The molecule has 3 amide bonds. The molecule has 266 valence electrons. The second-order valence-electron chi connectivity index (χ2n) is 14.1. The van der Waals surface area contributed by atoms with Crippen LogP contribution in [0.4, 0.5) is 14.5 Å². The van der Waals surface area contributed by atoms with Crippen LogP contribution in [0.1, 0.15) is 85.1 Å². The number of piperidine rings is 1. The number of aryl methyl sites for hydroxylation is 2. The molecule has 3 fully saturated rings. The second-order valence-corrected chi connectivity index (χ2v) is 14.1. The highest BCUT2D eigenvalue weighted by molar-refractivity contribution is 6.08. The lowest BCUT2D eigenvalue weighted by Crippen LogP contribution is -2.57. The number of imidazole rings is 1. The van der Waals surface area contributed by atoms with Crippen LogP contribution in [0.15, 0.2) is 53.8 Å². The number of carbonyl (C=O) groups excluding carboxylic acids is 3. The van der Waals surface area contributed by atoms with Crippen molar-refractivity contribution in [1.82, 2.24) is 43.7 Å². The lowest BCUT2D eigenvalue weighted by atomic mass is 9.67. The van der Waals surface area contributed by atoms with Crippen molar-refractivity contribution >= 4 is 40.1 Å². The van der Waals surface area contributed by atoms with E-state index in [1.165, 1.54) is 27.7 Å². The summed E-state index contributed by atoms with van der Waals surface area (Å²) < 4.78 is 34.2. The minimum atomic E-state index is -2.85. The smallest absolute Gasteiger partial charge is 0.319 e. The first-order valence-electron chi connectivity index (χ1n) is 17.3. The van der Waals surface area contributed by atoms with Crippen molar-refractivity contribution in [3.8, 4) is 0 Å². The maximum atomic E-state index is 14.0. The van der Waals surface area contributed by atoms with Gasteiger partial charge in [0, 0.05) is 45.1 Å². The van der Waals surface area contributed by atoms with Crippen LogP contribution >= 0.6 is 0 Å². The minimum Gasteiger partial charge on any atom is -0.319 e. The van der Waals surface area contributed by atoms with Gasteiger partial charge >= 0.3 is 5.69 Å². The molecule has 14 nitrogen and oxygen atoms in total. The zero-order chi connectivity index (χ0) is 35.4. The molecule has 1 aromatic carbocycles. The van der Waals surface area contributed by atoms with Gasteiger partial charge in [-0.3, -0.25) is 33.5 Å².